The van der Waals surface area contributed by atoms with E-state index in [-0.39, 0.29) is 5.56 Å². The van der Waals surface area contributed by atoms with Gasteiger partial charge in [-0.05, 0) is 35.2 Å². The summed E-state index contributed by atoms with van der Waals surface area (Å²) in [4.78, 5) is 20.9. The number of benzene rings is 1. The Hall–Kier alpha value is -3.41. The van der Waals surface area contributed by atoms with Crippen LogP contribution in [0, 0.1) is 0 Å². The molecule has 4 N–H and O–H groups in total. The standard InChI is InChI=1S/C19H19N5O/c1-22-10-13(9-20)12-3-4-15-16(7-12)17(11-24(2)19(15)25)18-8-14(21)5-6-23-18/h3-11H,20H2,1-2H3,(H2,21,23). The first-order valence-electron chi connectivity index (χ1n) is 7.75. The van der Waals surface area contributed by atoms with Gasteiger partial charge in [-0.2, -0.15) is 0 Å². The molecule has 25 heavy (non-hydrogen) atoms. The van der Waals surface area contributed by atoms with Crippen LogP contribution < -0.4 is 17.0 Å². The number of nitrogens with zero attached hydrogens (tertiary/aromatic N) is 3. The molecule has 0 unspecified atom stereocenters. The number of aryl methyl sites for hydroxylation is 1. The van der Waals surface area contributed by atoms with Gasteiger partial charge in [0.1, 0.15) is 0 Å². The summed E-state index contributed by atoms with van der Waals surface area (Å²) in [5, 5.41) is 1.40. The fourth-order valence-corrected chi connectivity index (χ4v) is 2.80. The number of fused-ring (bicyclic) bond motifs is 1. The molecule has 0 amide bonds. The molecule has 0 spiro atoms. The maximum absolute atomic E-state index is 12.5. The number of nitrogens with two attached hydrogens (primary N) is 2. The third kappa shape index (κ3) is 3.01. The monoisotopic (exact) mass is 333 g/mol. The average molecular weight is 333 g/mol. The van der Waals surface area contributed by atoms with E-state index in [1.165, 1.54) is 6.20 Å². The maximum Gasteiger partial charge on any atom is 0.258 e. The van der Waals surface area contributed by atoms with Crippen LogP contribution in [0.15, 0.2) is 58.7 Å². The highest BCUT2D eigenvalue weighted by atomic mass is 16.1. The van der Waals surface area contributed by atoms with Crippen molar-refractivity contribution in [1.29, 1.82) is 0 Å². The predicted octanol–water partition coefficient (Wildman–Crippen LogP) is 2.18. The van der Waals surface area contributed by atoms with Gasteiger partial charge in [0.05, 0.1) is 5.69 Å². The zero-order valence-electron chi connectivity index (χ0n) is 14.1. The summed E-state index contributed by atoms with van der Waals surface area (Å²) in [6.45, 7) is 0. The van der Waals surface area contributed by atoms with Gasteiger partial charge >= 0.3 is 0 Å². The van der Waals surface area contributed by atoms with Crippen molar-refractivity contribution in [2.75, 3.05) is 12.8 Å². The molecular formula is C19H19N5O. The molecule has 2 aromatic heterocycles. The number of aliphatic imine (C=N–C) groups is 1. The van der Waals surface area contributed by atoms with Gasteiger partial charge in [0, 0.05) is 61.1 Å². The minimum absolute atomic E-state index is 0.0726. The Kier molecular flexibility index (Phi) is 4.35. The number of nitrogen functional groups attached to an aromatic ring is 1. The minimum atomic E-state index is -0.0726. The van der Waals surface area contributed by atoms with Crippen molar-refractivity contribution < 1.29 is 0 Å². The molecule has 0 bridgehead atoms. The summed E-state index contributed by atoms with van der Waals surface area (Å²) in [6, 6.07) is 9.11. The molecule has 2 heterocycles. The van der Waals surface area contributed by atoms with E-state index in [1.54, 1.807) is 55.5 Å². The Balaban J connectivity index is 2.36. The van der Waals surface area contributed by atoms with Crippen molar-refractivity contribution in [1.82, 2.24) is 9.55 Å². The number of hydrogen-bond donors (Lipinski definition) is 2. The summed E-state index contributed by atoms with van der Waals surface area (Å²) < 4.78 is 1.55. The van der Waals surface area contributed by atoms with Gasteiger partial charge < -0.3 is 16.0 Å². The smallest absolute Gasteiger partial charge is 0.258 e. The average Bonchev–Trinajstić information content (AvgIpc) is 2.62. The van der Waals surface area contributed by atoms with Crippen LogP contribution in [-0.4, -0.2) is 22.8 Å². The lowest BCUT2D eigenvalue weighted by molar-refractivity contribution is 0.874. The summed E-state index contributed by atoms with van der Waals surface area (Å²) >= 11 is 0. The Morgan fingerprint density at radius 3 is 2.72 bits per heavy atom. The lowest BCUT2D eigenvalue weighted by Gasteiger charge is -2.11. The fraction of sp³-hybridized carbons (Fsp3) is 0.105. The van der Waals surface area contributed by atoms with E-state index in [4.69, 9.17) is 11.5 Å². The zero-order chi connectivity index (χ0) is 18.0. The van der Waals surface area contributed by atoms with Gasteiger partial charge in [0.25, 0.3) is 5.56 Å². The van der Waals surface area contributed by atoms with Gasteiger partial charge in [0.15, 0.2) is 0 Å². The van der Waals surface area contributed by atoms with E-state index in [9.17, 15) is 4.79 Å². The van der Waals surface area contributed by atoms with Crippen molar-refractivity contribution in [3.63, 3.8) is 0 Å². The number of aromatic nitrogens is 2. The topological polar surface area (TPSA) is 99.3 Å². The summed E-state index contributed by atoms with van der Waals surface area (Å²) in [5.74, 6) is 0. The molecule has 3 aromatic rings. The molecule has 1 aromatic carbocycles. The number of rotatable bonds is 3. The highest BCUT2D eigenvalue weighted by Crippen LogP contribution is 2.28. The molecule has 0 aliphatic heterocycles. The second-order valence-corrected chi connectivity index (χ2v) is 5.70. The van der Waals surface area contributed by atoms with Crippen molar-refractivity contribution >= 4 is 28.2 Å². The molecule has 3 rings (SSSR count). The van der Waals surface area contributed by atoms with E-state index in [0.29, 0.717) is 16.8 Å². The SMILES string of the molecule is CN=CC(=CN)c1ccc2c(=O)n(C)cc(-c3cc(N)ccn3)c2c1. The van der Waals surface area contributed by atoms with Crippen LogP contribution in [0.25, 0.3) is 27.6 Å². The molecule has 6 nitrogen and oxygen atoms in total. The molecule has 0 atom stereocenters. The summed E-state index contributed by atoms with van der Waals surface area (Å²) in [6.07, 6.45) is 6.60. The fourth-order valence-electron chi connectivity index (χ4n) is 2.80. The third-order valence-corrected chi connectivity index (χ3v) is 4.02. The van der Waals surface area contributed by atoms with Gasteiger partial charge in [-0.15, -0.1) is 0 Å². The third-order valence-electron chi connectivity index (χ3n) is 4.02. The van der Waals surface area contributed by atoms with Crippen LogP contribution in [0.3, 0.4) is 0 Å². The Bertz CT molecular complexity index is 1060. The van der Waals surface area contributed by atoms with E-state index < -0.39 is 0 Å². The van der Waals surface area contributed by atoms with Gasteiger partial charge in [-0.1, -0.05) is 6.07 Å². The molecule has 0 fully saturated rings. The Labute approximate surface area is 145 Å². The quantitative estimate of drug-likeness (QED) is 0.718. The van der Waals surface area contributed by atoms with Crippen LogP contribution in [-0.2, 0) is 7.05 Å². The maximum atomic E-state index is 12.5. The molecule has 0 aliphatic rings. The first-order chi connectivity index (χ1) is 12.0. The normalized spacial score (nSPS) is 12.2. The number of pyridine rings is 2. The lowest BCUT2D eigenvalue weighted by Crippen LogP contribution is -2.16. The highest BCUT2D eigenvalue weighted by Gasteiger charge is 2.12. The van der Waals surface area contributed by atoms with Crippen LogP contribution in [0.1, 0.15) is 5.56 Å². The van der Waals surface area contributed by atoms with E-state index >= 15 is 0 Å². The van der Waals surface area contributed by atoms with E-state index in [1.807, 2.05) is 12.1 Å². The zero-order valence-corrected chi connectivity index (χ0v) is 14.1. The van der Waals surface area contributed by atoms with Gasteiger partial charge in [-0.3, -0.25) is 14.8 Å². The van der Waals surface area contributed by atoms with Crippen molar-refractivity contribution in [3.8, 4) is 11.3 Å². The Morgan fingerprint density at radius 2 is 2.04 bits per heavy atom. The molecule has 126 valence electrons. The first kappa shape index (κ1) is 16.4. The second kappa shape index (κ2) is 6.60. The molecule has 6 heteroatoms. The molecule has 0 radical (unpaired) electrons. The van der Waals surface area contributed by atoms with Crippen molar-refractivity contribution in [2.45, 2.75) is 0 Å². The molecule has 0 aliphatic carbocycles. The molecule has 0 saturated heterocycles. The second-order valence-electron chi connectivity index (χ2n) is 5.70. The lowest BCUT2D eigenvalue weighted by atomic mass is 9.98. The van der Waals surface area contributed by atoms with Crippen molar-refractivity contribution in [3.05, 3.63) is 64.8 Å². The Morgan fingerprint density at radius 1 is 1.24 bits per heavy atom. The van der Waals surface area contributed by atoms with Crippen LogP contribution >= 0.6 is 0 Å². The number of hydrogen-bond acceptors (Lipinski definition) is 5. The van der Waals surface area contributed by atoms with Crippen LogP contribution in [0.2, 0.25) is 0 Å². The highest BCUT2D eigenvalue weighted by molar-refractivity contribution is 6.11. The first-order valence-corrected chi connectivity index (χ1v) is 7.75. The summed E-state index contributed by atoms with van der Waals surface area (Å²) in [5.41, 5.74) is 15.3. The molecular weight excluding hydrogens is 314 g/mol. The predicted molar refractivity (Wildman–Crippen MR) is 103 cm³/mol. The summed E-state index contributed by atoms with van der Waals surface area (Å²) in [7, 11) is 3.41. The minimum Gasteiger partial charge on any atom is -0.404 e. The van der Waals surface area contributed by atoms with Crippen LogP contribution in [0.4, 0.5) is 5.69 Å². The number of anilines is 1. The largest absolute Gasteiger partial charge is 0.404 e. The van der Waals surface area contributed by atoms with Crippen LogP contribution in [0.5, 0.6) is 0 Å². The van der Waals surface area contributed by atoms with Gasteiger partial charge in [0.2, 0.25) is 0 Å². The van der Waals surface area contributed by atoms with Crippen molar-refractivity contribution in [2.24, 2.45) is 17.8 Å². The van der Waals surface area contributed by atoms with E-state index in [2.05, 4.69) is 9.98 Å². The van der Waals surface area contributed by atoms with Gasteiger partial charge in [-0.25, -0.2) is 0 Å². The molecule has 0 saturated carbocycles. The van der Waals surface area contributed by atoms with E-state index in [0.717, 1.165) is 22.1 Å². The number of allylic oxidation sites excluding steroid dienone is 1.